The van der Waals surface area contributed by atoms with E-state index in [0.29, 0.717) is 18.3 Å². The Morgan fingerprint density at radius 2 is 2.00 bits per heavy atom. The van der Waals surface area contributed by atoms with Gasteiger partial charge in [0.1, 0.15) is 6.54 Å². The van der Waals surface area contributed by atoms with Crippen molar-refractivity contribution in [1.82, 2.24) is 0 Å². The molecule has 0 spiro atoms. The van der Waals surface area contributed by atoms with Gasteiger partial charge < -0.3 is 14.8 Å². The molecule has 0 bridgehead atoms. The zero-order valence-corrected chi connectivity index (χ0v) is 12.4. The van der Waals surface area contributed by atoms with Crippen molar-refractivity contribution < 1.29 is 14.8 Å². The van der Waals surface area contributed by atoms with Crippen LogP contribution >= 0.6 is 11.6 Å². The SMILES string of the molecule is CCOc1cc(C[NH2+]CC(C)C)c(Cl)cc1OC. The quantitative estimate of drug-likeness (QED) is 0.828. The fraction of sp³-hybridized carbons (Fsp3) is 0.571. The number of hydrogen-bond donors (Lipinski definition) is 1. The van der Waals surface area contributed by atoms with Gasteiger partial charge in [-0.05, 0) is 13.0 Å². The van der Waals surface area contributed by atoms with E-state index >= 15 is 0 Å². The first-order chi connectivity index (χ1) is 8.58. The summed E-state index contributed by atoms with van der Waals surface area (Å²) < 4.78 is 10.8. The first kappa shape index (κ1) is 15.1. The smallest absolute Gasteiger partial charge is 0.162 e. The van der Waals surface area contributed by atoms with Gasteiger partial charge in [-0.2, -0.15) is 0 Å². The van der Waals surface area contributed by atoms with Crippen LogP contribution in [0.5, 0.6) is 11.5 Å². The lowest BCUT2D eigenvalue weighted by Crippen LogP contribution is -2.83. The standard InChI is InChI=1S/C14H22ClNO2/c1-5-18-14-6-11(9-16-8-10(2)3)12(15)7-13(14)17-4/h6-7,10,16H,5,8-9H2,1-4H3/p+1. The number of rotatable bonds is 7. The zero-order valence-electron chi connectivity index (χ0n) is 11.6. The molecule has 2 N–H and O–H groups in total. The van der Waals surface area contributed by atoms with Crippen molar-refractivity contribution in [3.63, 3.8) is 0 Å². The highest BCUT2D eigenvalue weighted by Gasteiger charge is 2.11. The summed E-state index contributed by atoms with van der Waals surface area (Å²) in [5.41, 5.74) is 1.08. The number of nitrogens with two attached hydrogens (primary N) is 1. The van der Waals surface area contributed by atoms with Crippen LogP contribution in [0.15, 0.2) is 12.1 Å². The minimum Gasteiger partial charge on any atom is -0.493 e. The highest BCUT2D eigenvalue weighted by atomic mass is 35.5. The van der Waals surface area contributed by atoms with E-state index in [1.807, 2.05) is 19.1 Å². The predicted octanol–water partition coefficient (Wildman–Crippen LogP) is 2.47. The van der Waals surface area contributed by atoms with Crippen molar-refractivity contribution in [3.05, 3.63) is 22.7 Å². The highest BCUT2D eigenvalue weighted by molar-refractivity contribution is 6.31. The van der Waals surface area contributed by atoms with Gasteiger partial charge in [-0.1, -0.05) is 25.4 Å². The van der Waals surface area contributed by atoms with E-state index in [9.17, 15) is 0 Å². The third-order valence-corrected chi connectivity index (χ3v) is 2.99. The molecule has 0 aromatic heterocycles. The first-order valence-corrected chi connectivity index (χ1v) is 6.77. The molecule has 0 fully saturated rings. The Morgan fingerprint density at radius 1 is 1.28 bits per heavy atom. The molecule has 0 aliphatic rings. The molecule has 0 aliphatic heterocycles. The van der Waals surface area contributed by atoms with Crippen LogP contribution in [0.2, 0.25) is 5.02 Å². The van der Waals surface area contributed by atoms with E-state index in [0.717, 1.165) is 29.4 Å². The molecule has 1 rings (SSSR count). The second kappa shape index (κ2) is 7.49. The summed E-state index contributed by atoms with van der Waals surface area (Å²) in [6, 6.07) is 3.80. The molecule has 0 saturated carbocycles. The summed E-state index contributed by atoms with van der Waals surface area (Å²) in [7, 11) is 1.62. The summed E-state index contributed by atoms with van der Waals surface area (Å²) in [5.74, 6) is 2.13. The van der Waals surface area contributed by atoms with Crippen molar-refractivity contribution >= 4 is 11.6 Å². The summed E-state index contributed by atoms with van der Waals surface area (Å²) in [5, 5.41) is 2.99. The van der Waals surface area contributed by atoms with E-state index in [-0.39, 0.29) is 0 Å². The van der Waals surface area contributed by atoms with Gasteiger partial charge in [-0.3, -0.25) is 0 Å². The maximum atomic E-state index is 6.24. The third-order valence-electron chi connectivity index (χ3n) is 2.63. The molecule has 0 atom stereocenters. The van der Waals surface area contributed by atoms with Gasteiger partial charge in [0.15, 0.2) is 11.5 Å². The van der Waals surface area contributed by atoms with Crippen molar-refractivity contribution in [2.24, 2.45) is 5.92 Å². The van der Waals surface area contributed by atoms with Crippen molar-refractivity contribution in [3.8, 4) is 11.5 Å². The molecule has 1 aromatic rings. The van der Waals surface area contributed by atoms with Crippen molar-refractivity contribution in [2.75, 3.05) is 20.3 Å². The average Bonchev–Trinajstić information content (AvgIpc) is 2.32. The van der Waals surface area contributed by atoms with Crippen molar-refractivity contribution in [2.45, 2.75) is 27.3 Å². The van der Waals surface area contributed by atoms with E-state index in [1.165, 1.54) is 0 Å². The Hall–Kier alpha value is -0.930. The van der Waals surface area contributed by atoms with Crippen LogP contribution in [-0.4, -0.2) is 20.3 Å². The second-order valence-electron chi connectivity index (χ2n) is 4.65. The van der Waals surface area contributed by atoms with Gasteiger partial charge in [0.25, 0.3) is 0 Å². The van der Waals surface area contributed by atoms with Crippen LogP contribution in [0.1, 0.15) is 26.3 Å². The van der Waals surface area contributed by atoms with E-state index in [1.54, 1.807) is 7.11 Å². The van der Waals surface area contributed by atoms with Crippen LogP contribution < -0.4 is 14.8 Å². The predicted molar refractivity (Wildman–Crippen MR) is 74.5 cm³/mol. The summed E-state index contributed by atoms with van der Waals surface area (Å²) >= 11 is 6.24. The van der Waals surface area contributed by atoms with Gasteiger partial charge in [0.2, 0.25) is 0 Å². The molecule has 0 heterocycles. The molecule has 3 nitrogen and oxygen atoms in total. The number of hydrogen-bond acceptors (Lipinski definition) is 2. The number of halogens is 1. The average molecular weight is 273 g/mol. The summed E-state index contributed by atoms with van der Waals surface area (Å²) in [4.78, 5) is 0. The molecule has 18 heavy (non-hydrogen) atoms. The van der Waals surface area contributed by atoms with E-state index < -0.39 is 0 Å². The Balaban J connectivity index is 2.80. The lowest BCUT2D eigenvalue weighted by molar-refractivity contribution is -0.675. The Kier molecular flexibility index (Phi) is 6.30. The van der Waals surface area contributed by atoms with Gasteiger partial charge in [0, 0.05) is 17.5 Å². The number of methoxy groups -OCH3 is 1. The van der Waals surface area contributed by atoms with E-state index in [2.05, 4.69) is 19.2 Å². The molecule has 0 unspecified atom stereocenters. The van der Waals surface area contributed by atoms with Crippen LogP contribution in [0, 0.1) is 5.92 Å². The largest absolute Gasteiger partial charge is 0.493 e. The third kappa shape index (κ3) is 4.39. The maximum Gasteiger partial charge on any atom is 0.162 e. The fourth-order valence-corrected chi connectivity index (χ4v) is 1.96. The molecule has 4 heteroatoms. The molecule has 102 valence electrons. The normalized spacial score (nSPS) is 10.8. The first-order valence-electron chi connectivity index (χ1n) is 6.39. The van der Waals surface area contributed by atoms with Gasteiger partial charge in [-0.15, -0.1) is 0 Å². The molecule has 0 radical (unpaired) electrons. The lowest BCUT2D eigenvalue weighted by Gasteiger charge is -2.12. The topological polar surface area (TPSA) is 35.1 Å². The highest BCUT2D eigenvalue weighted by Crippen LogP contribution is 2.32. The maximum absolute atomic E-state index is 6.24. The minimum atomic E-state index is 0.618. The van der Waals surface area contributed by atoms with Gasteiger partial charge >= 0.3 is 0 Å². The summed E-state index contributed by atoms with van der Waals surface area (Å²) in [6.45, 7) is 8.94. The summed E-state index contributed by atoms with van der Waals surface area (Å²) in [6.07, 6.45) is 0. The van der Waals surface area contributed by atoms with Gasteiger partial charge in [0.05, 0.1) is 25.3 Å². The lowest BCUT2D eigenvalue weighted by atomic mass is 10.1. The Bertz CT molecular complexity index is 380. The van der Waals surface area contributed by atoms with Crippen LogP contribution in [-0.2, 0) is 6.54 Å². The molecule has 0 saturated heterocycles. The number of ether oxygens (including phenoxy) is 2. The van der Waals surface area contributed by atoms with Crippen LogP contribution in [0.3, 0.4) is 0 Å². The number of benzene rings is 1. The molecular weight excluding hydrogens is 250 g/mol. The number of quaternary nitrogens is 1. The van der Waals surface area contributed by atoms with Crippen LogP contribution in [0.4, 0.5) is 0 Å². The minimum absolute atomic E-state index is 0.618. The second-order valence-corrected chi connectivity index (χ2v) is 5.06. The monoisotopic (exact) mass is 272 g/mol. The van der Waals surface area contributed by atoms with Crippen molar-refractivity contribution in [1.29, 1.82) is 0 Å². The van der Waals surface area contributed by atoms with Gasteiger partial charge in [-0.25, -0.2) is 0 Å². The Labute approximate surface area is 114 Å². The molecule has 0 aliphatic carbocycles. The van der Waals surface area contributed by atoms with E-state index in [4.69, 9.17) is 21.1 Å². The fourth-order valence-electron chi connectivity index (χ4n) is 1.73. The Morgan fingerprint density at radius 3 is 2.56 bits per heavy atom. The molecule has 0 amide bonds. The zero-order chi connectivity index (χ0) is 13.5. The molecule has 1 aromatic carbocycles. The van der Waals surface area contributed by atoms with Crippen LogP contribution in [0.25, 0.3) is 0 Å². The molecular formula is C14H23ClNO2+.